The summed E-state index contributed by atoms with van der Waals surface area (Å²) in [5.41, 5.74) is 3.20. The molecule has 8 nitrogen and oxygen atoms in total. The molecule has 0 unspecified atom stereocenters. The number of aromatic nitrogens is 4. The molecule has 3 heterocycles. The molecule has 0 radical (unpaired) electrons. The lowest BCUT2D eigenvalue weighted by molar-refractivity contribution is 0.415. The van der Waals surface area contributed by atoms with Crippen LogP contribution < -0.4 is 19.9 Å². The van der Waals surface area contributed by atoms with Crippen LogP contribution in [0.5, 0.6) is 5.75 Å². The fourth-order valence-corrected chi connectivity index (χ4v) is 3.91. The van der Waals surface area contributed by atoms with Crippen molar-refractivity contribution in [2.45, 2.75) is 0 Å². The number of rotatable bonds is 5. The van der Waals surface area contributed by atoms with Crippen LogP contribution in [0.3, 0.4) is 0 Å². The van der Waals surface area contributed by atoms with Crippen molar-refractivity contribution in [3.63, 3.8) is 0 Å². The van der Waals surface area contributed by atoms with Crippen LogP contribution in [0.1, 0.15) is 0 Å². The predicted molar refractivity (Wildman–Crippen MR) is 127 cm³/mol. The normalized spacial score (nSPS) is 13.9. The lowest BCUT2D eigenvalue weighted by Gasteiger charge is -2.36. The fourth-order valence-electron chi connectivity index (χ4n) is 3.73. The van der Waals surface area contributed by atoms with Crippen LogP contribution in [-0.2, 0) is 0 Å². The Bertz CT molecular complexity index is 1230. The van der Waals surface area contributed by atoms with Crippen LogP contribution in [0.25, 0.3) is 11.2 Å². The van der Waals surface area contributed by atoms with E-state index in [4.69, 9.17) is 21.3 Å². The summed E-state index contributed by atoms with van der Waals surface area (Å²) in [5, 5.41) is 4.10. The molecular weight excluding hydrogens is 426 g/mol. The molecule has 0 spiro atoms. The average molecular weight is 448 g/mol. The molecule has 0 bridgehead atoms. The molecule has 9 heteroatoms. The Morgan fingerprint density at radius 3 is 2.41 bits per heavy atom. The van der Waals surface area contributed by atoms with Crippen LogP contribution in [0.2, 0.25) is 5.02 Å². The molecule has 162 valence electrons. The van der Waals surface area contributed by atoms with Gasteiger partial charge in [0.05, 0.1) is 7.11 Å². The number of benzene rings is 2. The molecule has 1 fully saturated rings. The highest BCUT2D eigenvalue weighted by Crippen LogP contribution is 2.26. The van der Waals surface area contributed by atoms with E-state index in [2.05, 4.69) is 36.1 Å². The average Bonchev–Trinajstić information content (AvgIpc) is 2.84. The third-order valence-corrected chi connectivity index (χ3v) is 5.64. The zero-order valence-electron chi connectivity index (χ0n) is 17.6. The number of nitrogens with zero attached hydrogens (tertiary/aromatic N) is 6. The maximum Gasteiger partial charge on any atom is 0.229 e. The summed E-state index contributed by atoms with van der Waals surface area (Å²) in [6, 6.07) is 15.6. The number of nitrogens with one attached hydrogen (secondary N) is 1. The van der Waals surface area contributed by atoms with E-state index in [-0.39, 0.29) is 0 Å². The molecule has 0 saturated carbocycles. The molecule has 0 atom stereocenters. The number of fused-ring (bicyclic) bond motifs is 1. The van der Waals surface area contributed by atoms with E-state index in [9.17, 15) is 0 Å². The van der Waals surface area contributed by atoms with Gasteiger partial charge in [0.15, 0.2) is 17.0 Å². The van der Waals surface area contributed by atoms with Crippen LogP contribution in [-0.4, -0.2) is 53.2 Å². The minimum atomic E-state index is 0.561. The van der Waals surface area contributed by atoms with E-state index >= 15 is 0 Å². The summed E-state index contributed by atoms with van der Waals surface area (Å²) >= 11 is 6.16. The molecule has 1 aliphatic heterocycles. The van der Waals surface area contributed by atoms with Crippen LogP contribution in [0.15, 0.2) is 60.9 Å². The molecule has 0 aliphatic carbocycles. The van der Waals surface area contributed by atoms with Crippen LogP contribution >= 0.6 is 11.6 Å². The quantitative estimate of drug-likeness (QED) is 0.488. The second kappa shape index (κ2) is 8.84. The first-order chi connectivity index (χ1) is 15.7. The first-order valence-corrected chi connectivity index (χ1v) is 10.7. The van der Waals surface area contributed by atoms with Crippen LogP contribution in [0.4, 0.5) is 23.1 Å². The SMILES string of the molecule is COc1ccc(Nc2nc(N3CCN(c4cccc(Cl)c4)CC3)nc3nccnc23)cc1. The number of hydrogen-bond acceptors (Lipinski definition) is 8. The smallest absolute Gasteiger partial charge is 0.229 e. The monoisotopic (exact) mass is 447 g/mol. The molecule has 1 N–H and O–H groups in total. The number of hydrogen-bond donors (Lipinski definition) is 1. The second-order valence-corrected chi connectivity index (χ2v) is 7.84. The molecule has 0 amide bonds. The zero-order chi connectivity index (χ0) is 21.9. The van der Waals surface area contributed by atoms with Crippen molar-refractivity contribution in [2.75, 3.05) is 48.4 Å². The molecule has 5 rings (SSSR count). The van der Waals surface area contributed by atoms with Gasteiger partial charge in [-0.25, -0.2) is 9.97 Å². The van der Waals surface area contributed by atoms with Gasteiger partial charge < -0.3 is 19.9 Å². The Labute approximate surface area is 190 Å². The minimum Gasteiger partial charge on any atom is -0.497 e. The van der Waals surface area contributed by atoms with Gasteiger partial charge in [-0.3, -0.25) is 0 Å². The van der Waals surface area contributed by atoms with Crippen molar-refractivity contribution < 1.29 is 4.74 Å². The largest absolute Gasteiger partial charge is 0.497 e. The van der Waals surface area contributed by atoms with E-state index in [1.807, 2.05) is 42.5 Å². The number of ether oxygens (including phenoxy) is 1. The van der Waals surface area contributed by atoms with E-state index < -0.39 is 0 Å². The summed E-state index contributed by atoms with van der Waals surface area (Å²) in [6.07, 6.45) is 3.29. The minimum absolute atomic E-state index is 0.561. The standard InChI is InChI=1S/C23H22ClN7O/c1-32-19-7-5-17(6-8-19)27-22-20-21(26-10-9-25-20)28-23(29-22)31-13-11-30(12-14-31)18-4-2-3-16(24)15-18/h2-10,15H,11-14H2,1H3,(H,26,27,28,29). The molecule has 2 aromatic carbocycles. The predicted octanol–water partition coefficient (Wildman–Crippen LogP) is 4.15. The van der Waals surface area contributed by atoms with Gasteiger partial charge in [0.1, 0.15) is 5.75 Å². The first-order valence-electron chi connectivity index (χ1n) is 10.3. The number of anilines is 4. The van der Waals surface area contributed by atoms with Crippen molar-refractivity contribution in [1.82, 2.24) is 19.9 Å². The molecule has 32 heavy (non-hydrogen) atoms. The summed E-state index contributed by atoms with van der Waals surface area (Å²) in [7, 11) is 1.65. The van der Waals surface area contributed by atoms with E-state index in [0.717, 1.165) is 48.3 Å². The summed E-state index contributed by atoms with van der Waals surface area (Å²) in [6.45, 7) is 3.29. The van der Waals surface area contributed by atoms with Crippen molar-refractivity contribution in [2.24, 2.45) is 0 Å². The van der Waals surface area contributed by atoms with Gasteiger partial charge in [0, 0.05) is 55.0 Å². The Kier molecular flexibility index (Phi) is 5.60. The van der Waals surface area contributed by atoms with Crippen LogP contribution in [0, 0.1) is 0 Å². The molecule has 2 aromatic heterocycles. The Balaban J connectivity index is 1.39. The zero-order valence-corrected chi connectivity index (χ0v) is 18.3. The second-order valence-electron chi connectivity index (χ2n) is 7.41. The Hall–Kier alpha value is -3.65. The van der Waals surface area contributed by atoms with Gasteiger partial charge in [-0.1, -0.05) is 17.7 Å². The van der Waals surface area contributed by atoms with Gasteiger partial charge in [0.2, 0.25) is 5.95 Å². The van der Waals surface area contributed by atoms with Gasteiger partial charge in [-0.2, -0.15) is 9.97 Å². The highest BCUT2D eigenvalue weighted by molar-refractivity contribution is 6.30. The molecule has 1 saturated heterocycles. The van der Waals surface area contributed by atoms with E-state index in [0.29, 0.717) is 22.9 Å². The Morgan fingerprint density at radius 1 is 0.906 bits per heavy atom. The first kappa shape index (κ1) is 20.3. The highest BCUT2D eigenvalue weighted by atomic mass is 35.5. The number of halogens is 1. The molecular formula is C23H22ClN7O. The van der Waals surface area contributed by atoms with Gasteiger partial charge in [-0.15, -0.1) is 0 Å². The van der Waals surface area contributed by atoms with Gasteiger partial charge in [-0.05, 0) is 42.5 Å². The fraction of sp³-hybridized carbons (Fsp3) is 0.217. The number of methoxy groups -OCH3 is 1. The molecule has 1 aliphatic rings. The third-order valence-electron chi connectivity index (χ3n) is 5.41. The summed E-state index contributed by atoms with van der Waals surface area (Å²) in [4.78, 5) is 22.8. The van der Waals surface area contributed by atoms with Gasteiger partial charge in [0.25, 0.3) is 0 Å². The van der Waals surface area contributed by atoms with Crippen molar-refractivity contribution >= 4 is 45.9 Å². The van der Waals surface area contributed by atoms with Crippen molar-refractivity contribution in [3.8, 4) is 5.75 Å². The summed E-state index contributed by atoms with van der Waals surface area (Å²) < 4.78 is 5.24. The molecule has 4 aromatic rings. The number of piperazine rings is 1. The van der Waals surface area contributed by atoms with Crippen molar-refractivity contribution in [1.29, 1.82) is 0 Å². The topological polar surface area (TPSA) is 79.3 Å². The highest BCUT2D eigenvalue weighted by Gasteiger charge is 2.21. The third kappa shape index (κ3) is 4.22. The van der Waals surface area contributed by atoms with Crippen molar-refractivity contribution in [3.05, 3.63) is 65.9 Å². The summed E-state index contributed by atoms with van der Waals surface area (Å²) in [5.74, 6) is 2.06. The lowest BCUT2D eigenvalue weighted by Crippen LogP contribution is -2.47. The van der Waals surface area contributed by atoms with Gasteiger partial charge >= 0.3 is 0 Å². The van der Waals surface area contributed by atoms with E-state index in [1.165, 1.54) is 0 Å². The lowest BCUT2D eigenvalue weighted by atomic mass is 10.2. The Morgan fingerprint density at radius 2 is 1.66 bits per heavy atom. The maximum absolute atomic E-state index is 6.16. The van der Waals surface area contributed by atoms with E-state index in [1.54, 1.807) is 19.5 Å². The maximum atomic E-state index is 6.16.